The lowest BCUT2D eigenvalue weighted by Crippen LogP contribution is -2.23. The number of ether oxygens (including phenoxy) is 1. The van der Waals surface area contributed by atoms with Gasteiger partial charge in [0.05, 0.1) is 17.2 Å². The largest absolute Gasteiger partial charge is 0.497 e. The van der Waals surface area contributed by atoms with E-state index in [1.165, 1.54) is 5.56 Å². The lowest BCUT2D eigenvalue weighted by molar-refractivity contribution is -0.116. The van der Waals surface area contributed by atoms with Crippen LogP contribution in [0, 0.1) is 0 Å². The molecule has 128 valence electrons. The smallest absolute Gasteiger partial charge is 0.225 e. The highest BCUT2D eigenvalue weighted by Crippen LogP contribution is 2.24. The zero-order valence-corrected chi connectivity index (χ0v) is 15.0. The fourth-order valence-corrected chi connectivity index (χ4v) is 2.48. The van der Waals surface area contributed by atoms with Gasteiger partial charge in [-0.05, 0) is 48.9 Å². The van der Waals surface area contributed by atoms with E-state index in [4.69, 9.17) is 27.9 Å². The predicted molar refractivity (Wildman–Crippen MR) is 99.3 cm³/mol. The SMILES string of the molecule is COc1cccc(CCNCCC(=O)Nc2ccc(Cl)c(Cl)c2)c1. The summed E-state index contributed by atoms with van der Waals surface area (Å²) in [6.07, 6.45) is 1.27. The molecule has 0 aliphatic rings. The van der Waals surface area contributed by atoms with E-state index in [1.807, 2.05) is 18.2 Å². The summed E-state index contributed by atoms with van der Waals surface area (Å²) >= 11 is 11.8. The Bertz CT molecular complexity index is 692. The molecule has 0 aliphatic heterocycles. The molecule has 0 radical (unpaired) electrons. The number of anilines is 1. The number of carbonyl (C=O) groups excluding carboxylic acids is 1. The fourth-order valence-electron chi connectivity index (χ4n) is 2.18. The summed E-state index contributed by atoms with van der Waals surface area (Å²) in [6, 6.07) is 13.0. The van der Waals surface area contributed by atoms with Crippen LogP contribution in [0.25, 0.3) is 0 Å². The van der Waals surface area contributed by atoms with Gasteiger partial charge in [0.25, 0.3) is 0 Å². The summed E-state index contributed by atoms with van der Waals surface area (Å²) in [4.78, 5) is 11.9. The van der Waals surface area contributed by atoms with Crippen molar-refractivity contribution in [2.75, 3.05) is 25.5 Å². The molecule has 24 heavy (non-hydrogen) atoms. The van der Waals surface area contributed by atoms with Crippen molar-refractivity contribution in [3.05, 3.63) is 58.1 Å². The molecule has 0 unspecified atom stereocenters. The number of halogens is 2. The van der Waals surface area contributed by atoms with E-state index in [1.54, 1.807) is 25.3 Å². The van der Waals surface area contributed by atoms with Crippen LogP contribution in [0.5, 0.6) is 5.75 Å². The van der Waals surface area contributed by atoms with Crippen molar-refractivity contribution in [3.63, 3.8) is 0 Å². The molecule has 0 saturated carbocycles. The average molecular weight is 367 g/mol. The number of methoxy groups -OCH3 is 1. The van der Waals surface area contributed by atoms with Crippen LogP contribution in [0.1, 0.15) is 12.0 Å². The van der Waals surface area contributed by atoms with Gasteiger partial charge >= 0.3 is 0 Å². The van der Waals surface area contributed by atoms with Gasteiger partial charge in [-0.3, -0.25) is 4.79 Å². The normalized spacial score (nSPS) is 10.5. The highest BCUT2D eigenvalue weighted by molar-refractivity contribution is 6.42. The lowest BCUT2D eigenvalue weighted by atomic mass is 10.1. The zero-order valence-electron chi connectivity index (χ0n) is 13.4. The number of hydrogen-bond donors (Lipinski definition) is 2. The van der Waals surface area contributed by atoms with Crippen molar-refractivity contribution >= 4 is 34.8 Å². The topological polar surface area (TPSA) is 50.4 Å². The Morgan fingerprint density at radius 3 is 2.67 bits per heavy atom. The minimum atomic E-state index is -0.0673. The Balaban J connectivity index is 1.66. The molecule has 0 spiro atoms. The third kappa shape index (κ3) is 6.04. The van der Waals surface area contributed by atoms with Crippen LogP contribution in [0.2, 0.25) is 10.0 Å². The van der Waals surface area contributed by atoms with Crippen molar-refractivity contribution < 1.29 is 9.53 Å². The minimum Gasteiger partial charge on any atom is -0.497 e. The van der Waals surface area contributed by atoms with E-state index in [0.29, 0.717) is 28.7 Å². The molecule has 0 atom stereocenters. The molecule has 0 fully saturated rings. The van der Waals surface area contributed by atoms with Crippen molar-refractivity contribution in [2.45, 2.75) is 12.8 Å². The molecule has 2 N–H and O–H groups in total. The van der Waals surface area contributed by atoms with Gasteiger partial charge in [0.1, 0.15) is 5.75 Å². The summed E-state index contributed by atoms with van der Waals surface area (Å²) in [7, 11) is 1.66. The van der Waals surface area contributed by atoms with Crippen LogP contribution in [-0.2, 0) is 11.2 Å². The summed E-state index contributed by atoms with van der Waals surface area (Å²) in [5, 5.41) is 6.94. The number of benzene rings is 2. The second kappa shape index (κ2) is 9.52. The molecule has 0 heterocycles. The van der Waals surface area contributed by atoms with Crippen molar-refractivity contribution in [1.82, 2.24) is 5.32 Å². The monoisotopic (exact) mass is 366 g/mol. The standard InChI is InChI=1S/C18H20Cl2N2O2/c1-24-15-4-2-3-13(11-15)7-9-21-10-8-18(23)22-14-5-6-16(19)17(20)12-14/h2-6,11-12,21H,7-10H2,1H3,(H,22,23). The van der Waals surface area contributed by atoms with E-state index < -0.39 is 0 Å². The van der Waals surface area contributed by atoms with Crippen LogP contribution in [-0.4, -0.2) is 26.1 Å². The number of nitrogens with one attached hydrogen (secondary N) is 2. The van der Waals surface area contributed by atoms with Gasteiger partial charge in [-0.1, -0.05) is 35.3 Å². The molecule has 6 heteroatoms. The Kier molecular flexibility index (Phi) is 7.37. The van der Waals surface area contributed by atoms with Gasteiger partial charge in [0.15, 0.2) is 0 Å². The first-order valence-corrected chi connectivity index (χ1v) is 8.42. The number of hydrogen-bond acceptors (Lipinski definition) is 3. The van der Waals surface area contributed by atoms with E-state index in [9.17, 15) is 4.79 Å². The summed E-state index contributed by atoms with van der Waals surface area (Å²) in [6.45, 7) is 1.41. The van der Waals surface area contributed by atoms with Crippen molar-refractivity contribution in [2.24, 2.45) is 0 Å². The molecule has 2 rings (SSSR count). The van der Waals surface area contributed by atoms with Crippen molar-refractivity contribution in [3.8, 4) is 5.75 Å². The Morgan fingerprint density at radius 1 is 1.08 bits per heavy atom. The number of carbonyl (C=O) groups is 1. The van der Waals surface area contributed by atoms with E-state index >= 15 is 0 Å². The third-order valence-corrected chi connectivity index (χ3v) is 4.20. The Hall–Kier alpha value is -1.75. The third-order valence-electron chi connectivity index (χ3n) is 3.46. The highest BCUT2D eigenvalue weighted by atomic mass is 35.5. The van der Waals surface area contributed by atoms with Gasteiger partial charge in [-0.15, -0.1) is 0 Å². The van der Waals surface area contributed by atoms with Crippen molar-refractivity contribution in [1.29, 1.82) is 0 Å². The lowest BCUT2D eigenvalue weighted by Gasteiger charge is -2.08. The first-order chi connectivity index (χ1) is 11.6. The second-order valence-electron chi connectivity index (χ2n) is 5.28. The van der Waals surface area contributed by atoms with Crippen LogP contribution < -0.4 is 15.4 Å². The van der Waals surface area contributed by atoms with Crippen LogP contribution >= 0.6 is 23.2 Å². The van der Waals surface area contributed by atoms with Gasteiger partial charge < -0.3 is 15.4 Å². The summed E-state index contributed by atoms with van der Waals surface area (Å²) in [5.41, 5.74) is 1.84. The number of amides is 1. The Labute approximate surface area is 152 Å². The van der Waals surface area contributed by atoms with Gasteiger partial charge in [0.2, 0.25) is 5.91 Å². The minimum absolute atomic E-state index is 0.0673. The molecule has 0 aliphatic carbocycles. The average Bonchev–Trinajstić information content (AvgIpc) is 2.58. The van der Waals surface area contributed by atoms with Crippen LogP contribution in [0.4, 0.5) is 5.69 Å². The maximum atomic E-state index is 11.9. The van der Waals surface area contributed by atoms with E-state index in [2.05, 4.69) is 16.7 Å². The fraction of sp³-hybridized carbons (Fsp3) is 0.278. The van der Waals surface area contributed by atoms with Gasteiger partial charge in [0, 0.05) is 18.7 Å². The molecule has 2 aromatic carbocycles. The maximum absolute atomic E-state index is 11.9. The van der Waals surface area contributed by atoms with E-state index in [-0.39, 0.29) is 5.91 Å². The second-order valence-corrected chi connectivity index (χ2v) is 6.09. The first-order valence-electron chi connectivity index (χ1n) is 7.67. The van der Waals surface area contributed by atoms with Gasteiger partial charge in [-0.25, -0.2) is 0 Å². The molecular weight excluding hydrogens is 347 g/mol. The molecule has 2 aromatic rings. The highest BCUT2D eigenvalue weighted by Gasteiger charge is 2.04. The van der Waals surface area contributed by atoms with Crippen LogP contribution in [0.15, 0.2) is 42.5 Å². The molecule has 1 amide bonds. The molecule has 0 aromatic heterocycles. The van der Waals surface area contributed by atoms with Gasteiger partial charge in [-0.2, -0.15) is 0 Å². The molecule has 4 nitrogen and oxygen atoms in total. The molecule has 0 bridgehead atoms. The molecule has 0 saturated heterocycles. The summed E-state index contributed by atoms with van der Waals surface area (Å²) in [5.74, 6) is 0.788. The Morgan fingerprint density at radius 2 is 1.92 bits per heavy atom. The zero-order chi connectivity index (χ0) is 17.4. The van der Waals surface area contributed by atoms with E-state index in [0.717, 1.165) is 18.7 Å². The number of rotatable bonds is 8. The molecular formula is C18H20Cl2N2O2. The quantitative estimate of drug-likeness (QED) is 0.689. The summed E-state index contributed by atoms with van der Waals surface area (Å²) < 4.78 is 5.20. The maximum Gasteiger partial charge on any atom is 0.225 e. The van der Waals surface area contributed by atoms with Crippen LogP contribution in [0.3, 0.4) is 0 Å². The predicted octanol–water partition coefficient (Wildman–Crippen LogP) is 4.16. The first kappa shape index (κ1) is 18.6.